The van der Waals surface area contributed by atoms with E-state index in [1.165, 1.54) is 6.42 Å². The Morgan fingerprint density at radius 1 is 1.26 bits per heavy atom. The summed E-state index contributed by atoms with van der Waals surface area (Å²) >= 11 is 0. The van der Waals surface area contributed by atoms with Crippen LogP contribution >= 0.6 is 0 Å². The predicted molar refractivity (Wildman–Crippen MR) is 85.7 cm³/mol. The first-order valence-corrected chi connectivity index (χ1v) is 8.86. The van der Waals surface area contributed by atoms with Gasteiger partial charge in [-0.05, 0) is 18.8 Å². The molecule has 0 bridgehead atoms. The van der Waals surface area contributed by atoms with Crippen LogP contribution in [0.4, 0.5) is 0 Å². The fourth-order valence-electron chi connectivity index (χ4n) is 4.18. The number of aromatic nitrogens is 2. The van der Waals surface area contributed by atoms with E-state index < -0.39 is 0 Å². The van der Waals surface area contributed by atoms with Gasteiger partial charge in [-0.2, -0.15) is 0 Å². The van der Waals surface area contributed by atoms with Gasteiger partial charge in [0.05, 0.1) is 13.2 Å². The van der Waals surface area contributed by atoms with Crippen LogP contribution in [0.15, 0.2) is 12.4 Å². The highest BCUT2D eigenvalue weighted by Gasteiger charge is 2.29. The minimum atomic E-state index is 0.329. The third-order valence-corrected chi connectivity index (χ3v) is 5.33. The lowest BCUT2D eigenvalue weighted by molar-refractivity contribution is -0.128. The summed E-state index contributed by atoms with van der Waals surface area (Å²) in [5.74, 6) is 2.61. The lowest BCUT2D eigenvalue weighted by Gasteiger charge is -2.28. The molecule has 126 valence electrons. The Balaban J connectivity index is 1.46. The van der Waals surface area contributed by atoms with E-state index in [4.69, 9.17) is 4.74 Å². The smallest absolute Gasteiger partial charge is 0.222 e. The predicted octanol–water partition coefficient (Wildman–Crippen LogP) is 0.974. The second-order valence-corrected chi connectivity index (χ2v) is 7.23. The molecule has 6 heteroatoms. The van der Waals surface area contributed by atoms with E-state index in [1.54, 1.807) is 0 Å². The zero-order valence-corrected chi connectivity index (χ0v) is 13.7. The zero-order chi connectivity index (χ0) is 15.6. The van der Waals surface area contributed by atoms with Crippen LogP contribution in [-0.4, -0.2) is 64.7 Å². The fraction of sp³-hybridized carbons (Fsp3) is 0.765. The normalized spacial score (nSPS) is 29.0. The van der Waals surface area contributed by atoms with E-state index in [0.717, 1.165) is 71.1 Å². The molecule has 1 aromatic heterocycles. The molecule has 3 aliphatic heterocycles. The molecule has 0 N–H and O–H groups in total. The van der Waals surface area contributed by atoms with Crippen LogP contribution in [0.25, 0.3) is 0 Å². The number of amides is 1. The van der Waals surface area contributed by atoms with Crippen molar-refractivity contribution in [2.75, 3.05) is 39.4 Å². The molecule has 4 heterocycles. The summed E-state index contributed by atoms with van der Waals surface area (Å²) in [6.45, 7) is 7.61. The van der Waals surface area contributed by atoms with Gasteiger partial charge >= 0.3 is 0 Å². The van der Waals surface area contributed by atoms with E-state index in [-0.39, 0.29) is 0 Å². The number of imidazole rings is 1. The molecule has 0 spiro atoms. The molecule has 0 aliphatic carbocycles. The Morgan fingerprint density at radius 3 is 3.00 bits per heavy atom. The number of nitrogens with zero attached hydrogens (tertiary/aromatic N) is 4. The molecule has 0 aromatic carbocycles. The van der Waals surface area contributed by atoms with Gasteiger partial charge < -0.3 is 14.2 Å². The Bertz CT molecular complexity index is 553. The Labute approximate surface area is 137 Å². The van der Waals surface area contributed by atoms with Gasteiger partial charge in [-0.3, -0.25) is 9.69 Å². The van der Waals surface area contributed by atoms with Crippen LogP contribution in [0.1, 0.15) is 25.1 Å². The maximum absolute atomic E-state index is 12.0. The second-order valence-electron chi connectivity index (χ2n) is 7.23. The maximum Gasteiger partial charge on any atom is 0.222 e. The molecule has 4 rings (SSSR count). The van der Waals surface area contributed by atoms with Crippen molar-refractivity contribution in [1.82, 2.24) is 19.4 Å². The van der Waals surface area contributed by atoms with Crippen molar-refractivity contribution in [3.63, 3.8) is 0 Å². The number of carbonyl (C=O) groups is 1. The lowest BCUT2D eigenvalue weighted by Crippen LogP contribution is -2.38. The molecule has 2 atom stereocenters. The van der Waals surface area contributed by atoms with Crippen molar-refractivity contribution in [2.45, 2.75) is 32.4 Å². The third-order valence-electron chi connectivity index (χ3n) is 5.33. The summed E-state index contributed by atoms with van der Waals surface area (Å²) in [4.78, 5) is 21.1. The van der Waals surface area contributed by atoms with E-state index in [2.05, 4.69) is 25.5 Å². The molecule has 6 nitrogen and oxygen atoms in total. The molecule has 23 heavy (non-hydrogen) atoms. The fourth-order valence-corrected chi connectivity index (χ4v) is 4.18. The molecule has 3 aliphatic rings. The van der Waals surface area contributed by atoms with Crippen LogP contribution in [0, 0.1) is 11.8 Å². The number of rotatable bonds is 4. The average Bonchev–Trinajstić information content (AvgIpc) is 3.24. The first kappa shape index (κ1) is 15.1. The van der Waals surface area contributed by atoms with Gasteiger partial charge in [0.25, 0.3) is 0 Å². The minimum absolute atomic E-state index is 0.329. The number of hydrogen-bond donors (Lipinski definition) is 0. The summed E-state index contributed by atoms with van der Waals surface area (Å²) in [5.41, 5.74) is 0. The van der Waals surface area contributed by atoms with Crippen LogP contribution in [0.5, 0.6) is 0 Å². The maximum atomic E-state index is 12.0. The van der Waals surface area contributed by atoms with Gasteiger partial charge in [0.1, 0.15) is 5.82 Å². The molecule has 2 fully saturated rings. The Morgan fingerprint density at radius 2 is 2.22 bits per heavy atom. The van der Waals surface area contributed by atoms with Gasteiger partial charge in [0, 0.05) is 64.1 Å². The molecule has 1 aromatic rings. The largest absolute Gasteiger partial charge is 0.381 e. The molecule has 0 radical (unpaired) electrons. The SMILES string of the molecule is O=C1CCCN1CC1CN(CC2CCOC2)Cc2nccn2C1. The quantitative estimate of drug-likeness (QED) is 0.830. The molecule has 1 amide bonds. The molecule has 0 saturated carbocycles. The number of carbonyl (C=O) groups excluding carboxylic acids is 1. The van der Waals surface area contributed by atoms with E-state index in [1.807, 2.05) is 6.20 Å². The summed E-state index contributed by atoms with van der Waals surface area (Å²) in [6.07, 6.45) is 6.89. The highest BCUT2D eigenvalue weighted by molar-refractivity contribution is 5.78. The van der Waals surface area contributed by atoms with Crippen molar-refractivity contribution in [3.05, 3.63) is 18.2 Å². The molecule has 2 unspecified atom stereocenters. The first-order valence-electron chi connectivity index (χ1n) is 8.86. The summed E-state index contributed by atoms with van der Waals surface area (Å²) in [5, 5.41) is 0. The summed E-state index contributed by atoms with van der Waals surface area (Å²) in [7, 11) is 0. The lowest BCUT2D eigenvalue weighted by atomic mass is 10.1. The van der Waals surface area contributed by atoms with Gasteiger partial charge in [0.2, 0.25) is 5.91 Å². The van der Waals surface area contributed by atoms with Crippen molar-refractivity contribution in [2.24, 2.45) is 11.8 Å². The topological polar surface area (TPSA) is 50.6 Å². The molecular formula is C17H26N4O2. The highest BCUT2D eigenvalue weighted by Crippen LogP contribution is 2.22. The van der Waals surface area contributed by atoms with Crippen molar-refractivity contribution < 1.29 is 9.53 Å². The van der Waals surface area contributed by atoms with E-state index >= 15 is 0 Å². The summed E-state index contributed by atoms with van der Waals surface area (Å²) in [6, 6.07) is 0. The van der Waals surface area contributed by atoms with Crippen molar-refractivity contribution >= 4 is 5.91 Å². The number of fused-ring (bicyclic) bond motifs is 1. The number of ether oxygens (including phenoxy) is 1. The van der Waals surface area contributed by atoms with Crippen molar-refractivity contribution in [1.29, 1.82) is 0 Å². The van der Waals surface area contributed by atoms with Gasteiger partial charge in [-0.1, -0.05) is 0 Å². The number of likely N-dealkylation sites (tertiary alicyclic amines) is 1. The van der Waals surface area contributed by atoms with E-state index in [9.17, 15) is 4.79 Å². The highest BCUT2D eigenvalue weighted by atomic mass is 16.5. The molecule has 2 saturated heterocycles. The minimum Gasteiger partial charge on any atom is -0.381 e. The Kier molecular flexibility index (Phi) is 4.35. The zero-order valence-electron chi connectivity index (χ0n) is 13.7. The van der Waals surface area contributed by atoms with Gasteiger partial charge in [-0.15, -0.1) is 0 Å². The van der Waals surface area contributed by atoms with Crippen LogP contribution in [0.2, 0.25) is 0 Å². The van der Waals surface area contributed by atoms with Crippen LogP contribution in [0.3, 0.4) is 0 Å². The van der Waals surface area contributed by atoms with Crippen LogP contribution in [-0.2, 0) is 22.6 Å². The van der Waals surface area contributed by atoms with Gasteiger partial charge in [0.15, 0.2) is 0 Å². The molecular weight excluding hydrogens is 292 g/mol. The standard InChI is InChI=1S/C17H26N4O2/c22-17-2-1-5-21(17)11-15-9-19(8-14-3-7-23-13-14)12-16-18-4-6-20(16)10-15/h4,6,14-15H,1-3,5,7-13H2. The van der Waals surface area contributed by atoms with E-state index in [0.29, 0.717) is 17.7 Å². The third kappa shape index (κ3) is 3.43. The van der Waals surface area contributed by atoms with Crippen molar-refractivity contribution in [3.8, 4) is 0 Å². The average molecular weight is 318 g/mol. The number of hydrogen-bond acceptors (Lipinski definition) is 4. The summed E-state index contributed by atoms with van der Waals surface area (Å²) < 4.78 is 7.81. The Hall–Kier alpha value is -1.40. The first-order chi connectivity index (χ1) is 11.3. The monoisotopic (exact) mass is 318 g/mol. The van der Waals surface area contributed by atoms with Crippen LogP contribution < -0.4 is 0 Å². The van der Waals surface area contributed by atoms with Gasteiger partial charge in [-0.25, -0.2) is 4.98 Å². The second kappa shape index (κ2) is 6.61.